The summed E-state index contributed by atoms with van der Waals surface area (Å²) in [7, 11) is -2.85. The normalized spacial score (nSPS) is 16.0. The Morgan fingerprint density at radius 2 is 1.58 bits per heavy atom. The molecular formula is C25H34N2O5S. The second kappa shape index (κ2) is 10.1. The number of piperidine rings is 1. The quantitative estimate of drug-likeness (QED) is 0.601. The minimum Gasteiger partial charge on any atom is -0.497 e. The third kappa shape index (κ3) is 5.50. The number of nitrogens with one attached hydrogen (secondary N) is 2. The van der Waals surface area contributed by atoms with E-state index in [9.17, 15) is 13.2 Å². The highest BCUT2D eigenvalue weighted by molar-refractivity contribution is 7.85. The third-order valence-electron chi connectivity index (χ3n) is 6.24. The monoisotopic (exact) mass is 474 g/mol. The van der Waals surface area contributed by atoms with Crippen LogP contribution in [0, 0.1) is 0 Å². The molecule has 0 radical (unpaired) electrons. The summed E-state index contributed by atoms with van der Waals surface area (Å²) in [4.78, 5) is 13.5. The molecule has 180 valence electrons. The standard InChI is InChI=1S/C25H34N2O5S/c1-17(2)21-10-7-11-22(18(3)4)23(21)32-33(29,30)27-24(28)25(12-14-26-15-13-25)19-8-6-9-20(16-19)31-5/h6-11,16-18,26H,12-15H2,1-5H3,(H,27,28). The van der Waals surface area contributed by atoms with Gasteiger partial charge in [0.1, 0.15) is 5.75 Å². The zero-order valence-corrected chi connectivity index (χ0v) is 20.8. The maximum Gasteiger partial charge on any atom is 0.409 e. The van der Waals surface area contributed by atoms with Gasteiger partial charge in [-0.25, -0.2) is 4.72 Å². The molecule has 0 bridgehead atoms. The minimum absolute atomic E-state index is 0.0529. The predicted molar refractivity (Wildman–Crippen MR) is 129 cm³/mol. The zero-order valence-electron chi connectivity index (χ0n) is 20.0. The summed E-state index contributed by atoms with van der Waals surface area (Å²) in [6.45, 7) is 9.10. The molecule has 1 aliphatic rings. The van der Waals surface area contributed by atoms with Gasteiger partial charge in [0.2, 0.25) is 5.91 Å². The van der Waals surface area contributed by atoms with Crippen LogP contribution in [-0.2, 0) is 20.5 Å². The van der Waals surface area contributed by atoms with Crippen molar-refractivity contribution in [2.75, 3.05) is 20.2 Å². The van der Waals surface area contributed by atoms with Crippen LogP contribution < -0.4 is 19.0 Å². The highest BCUT2D eigenvalue weighted by Crippen LogP contribution is 2.37. The number of carbonyl (C=O) groups excluding carboxylic acids is 1. The predicted octanol–water partition coefficient (Wildman–Crippen LogP) is 4.00. The first-order valence-electron chi connectivity index (χ1n) is 11.3. The fraction of sp³-hybridized carbons (Fsp3) is 0.480. The molecule has 0 aromatic heterocycles. The Bertz CT molecular complexity index is 1060. The summed E-state index contributed by atoms with van der Waals surface area (Å²) in [5, 5.41) is 3.24. The number of hydrogen-bond acceptors (Lipinski definition) is 6. The maximum atomic E-state index is 13.5. The number of amides is 1. The van der Waals surface area contributed by atoms with E-state index >= 15 is 0 Å². The average molecular weight is 475 g/mol. The molecule has 0 aliphatic carbocycles. The van der Waals surface area contributed by atoms with Crippen LogP contribution in [0.1, 0.15) is 69.1 Å². The molecule has 0 atom stereocenters. The Balaban J connectivity index is 1.95. The maximum absolute atomic E-state index is 13.5. The molecule has 1 amide bonds. The average Bonchev–Trinajstić information content (AvgIpc) is 2.78. The molecule has 1 aliphatic heterocycles. The van der Waals surface area contributed by atoms with Crippen LogP contribution in [0.25, 0.3) is 0 Å². The minimum atomic E-state index is -4.41. The van der Waals surface area contributed by atoms with Crippen LogP contribution >= 0.6 is 0 Å². The van der Waals surface area contributed by atoms with Gasteiger partial charge in [0.05, 0.1) is 12.5 Å². The largest absolute Gasteiger partial charge is 0.497 e. The first-order chi connectivity index (χ1) is 15.6. The van der Waals surface area contributed by atoms with Crippen molar-refractivity contribution in [1.29, 1.82) is 0 Å². The van der Waals surface area contributed by atoms with E-state index in [1.54, 1.807) is 19.2 Å². The Kier molecular flexibility index (Phi) is 7.69. The molecule has 33 heavy (non-hydrogen) atoms. The van der Waals surface area contributed by atoms with Crippen LogP contribution in [0.15, 0.2) is 42.5 Å². The van der Waals surface area contributed by atoms with E-state index in [4.69, 9.17) is 8.92 Å². The topological polar surface area (TPSA) is 93.7 Å². The smallest absolute Gasteiger partial charge is 0.409 e. The SMILES string of the molecule is COc1cccc(C2(C(=O)NS(=O)(=O)Oc3c(C(C)C)cccc3C(C)C)CCNCC2)c1. The Morgan fingerprint density at radius 3 is 2.12 bits per heavy atom. The van der Waals surface area contributed by atoms with E-state index in [2.05, 4.69) is 10.0 Å². The molecule has 7 nitrogen and oxygen atoms in total. The summed E-state index contributed by atoms with van der Waals surface area (Å²) in [6.07, 6.45) is 0.919. The van der Waals surface area contributed by atoms with Gasteiger partial charge in [0.25, 0.3) is 0 Å². The van der Waals surface area contributed by atoms with Crippen LogP contribution in [0.5, 0.6) is 11.5 Å². The lowest BCUT2D eigenvalue weighted by Gasteiger charge is -2.36. The lowest BCUT2D eigenvalue weighted by Crippen LogP contribution is -2.52. The van der Waals surface area contributed by atoms with E-state index in [1.807, 2.05) is 58.0 Å². The second-order valence-electron chi connectivity index (χ2n) is 9.11. The number of para-hydroxylation sites is 1. The highest BCUT2D eigenvalue weighted by atomic mass is 32.2. The highest BCUT2D eigenvalue weighted by Gasteiger charge is 2.43. The molecule has 3 rings (SSSR count). The molecule has 1 fully saturated rings. The van der Waals surface area contributed by atoms with Crippen LogP contribution in [0.2, 0.25) is 0 Å². The van der Waals surface area contributed by atoms with Gasteiger partial charge in [0, 0.05) is 0 Å². The number of rotatable bonds is 8. The molecule has 2 aromatic carbocycles. The number of hydrogen-bond donors (Lipinski definition) is 2. The van der Waals surface area contributed by atoms with Crippen LogP contribution in [0.4, 0.5) is 0 Å². The van der Waals surface area contributed by atoms with E-state index in [0.717, 1.165) is 16.7 Å². The van der Waals surface area contributed by atoms with Crippen molar-refractivity contribution in [3.8, 4) is 11.5 Å². The van der Waals surface area contributed by atoms with E-state index < -0.39 is 21.6 Å². The molecule has 1 heterocycles. The number of ether oxygens (including phenoxy) is 1. The Labute approximate surface area is 197 Å². The summed E-state index contributed by atoms with van der Waals surface area (Å²) >= 11 is 0. The molecule has 2 aromatic rings. The third-order valence-corrected chi connectivity index (χ3v) is 7.07. The molecule has 0 unspecified atom stereocenters. The van der Waals surface area contributed by atoms with E-state index in [0.29, 0.717) is 37.4 Å². The van der Waals surface area contributed by atoms with Gasteiger partial charge in [-0.1, -0.05) is 58.0 Å². The molecule has 1 saturated heterocycles. The van der Waals surface area contributed by atoms with Crippen molar-refractivity contribution in [3.05, 3.63) is 59.2 Å². The van der Waals surface area contributed by atoms with Crippen molar-refractivity contribution in [1.82, 2.24) is 10.0 Å². The van der Waals surface area contributed by atoms with Gasteiger partial charge >= 0.3 is 10.3 Å². The summed E-state index contributed by atoms with van der Waals surface area (Å²) in [6, 6.07) is 12.8. The Morgan fingerprint density at radius 1 is 1.00 bits per heavy atom. The van der Waals surface area contributed by atoms with Gasteiger partial charge in [-0.15, -0.1) is 0 Å². The van der Waals surface area contributed by atoms with Crippen molar-refractivity contribution in [3.63, 3.8) is 0 Å². The lowest BCUT2D eigenvalue weighted by molar-refractivity contribution is -0.126. The van der Waals surface area contributed by atoms with Crippen molar-refractivity contribution >= 4 is 16.2 Å². The fourth-order valence-corrected chi connectivity index (χ4v) is 5.22. The number of carbonyl (C=O) groups is 1. The molecular weight excluding hydrogens is 440 g/mol. The van der Waals surface area contributed by atoms with Gasteiger partial charge in [-0.2, -0.15) is 8.42 Å². The number of methoxy groups -OCH3 is 1. The van der Waals surface area contributed by atoms with E-state index in [1.165, 1.54) is 0 Å². The molecule has 0 saturated carbocycles. The fourth-order valence-electron chi connectivity index (χ4n) is 4.34. The first-order valence-corrected chi connectivity index (χ1v) is 12.7. The Hall–Kier alpha value is -2.58. The first kappa shape index (κ1) is 25.1. The summed E-state index contributed by atoms with van der Waals surface area (Å²) in [5.74, 6) is 0.424. The van der Waals surface area contributed by atoms with Crippen LogP contribution in [0.3, 0.4) is 0 Å². The molecule has 2 N–H and O–H groups in total. The van der Waals surface area contributed by atoms with Crippen molar-refractivity contribution in [2.24, 2.45) is 0 Å². The summed E-state index contributed by atoms with van der Waals surface area (Å²) < 4.78 is 39.3. The summed E-state index contributed by atoms with van der Waals surface area (Å²) in [5.41, 5.74) is 1.28. The van der Waals surface area contributed by atoms with E-state index in [-0.39, 0.29) is 11.8 Å². The van der Waals surface area contributed by atoms with Gasteiger partial charge in [-0.3, -0.25) is 4.79 Å². The van der Waals surface area contributed by atoms with Crippen LogP contribution in [-0.4, -0.2) is 34.5 Å². The second-order valence-corrected chi connectivity index (χ2v) is 10.4. The van der Waals surface area contributed by atoms with Gasteiger partial charge in [0.15, 0.2) is 5.75 Å². The molecule has 0 spiro atoms. The van der Waals surface area contributed by atoms with Crippen molar-refractivity contribution < 1.29 is 22.1 Å². The number of benzene rings is 2. The lowest BCUT2D eigenvalue weighted by atomic mass is 9.72. The zero-order chi connectivity index (χ0) is 24.2. The van der Waals surface area contributed by atoms with Crippen molar-refractivity contribution in [2.45, 2.75) is 57.8 Å². The van der Waals surface area contributed by atoms with Gasteiger partial charge < -0.3 is 14.2 Å². The van der Waals surface area contributed by atoms with Gasteiger partial charge in [-0.05, 0) is 66.6 Å². The molecule has 8 heteroatoms.